The van der Waals surface area contributed by atoms with Gasteiger partial charge in [-0.15, -0.1) is 0 Å². The van der Waals surface area contributed by atoms with Crippen LogP contribution in [-0.4, -0.2) is 10.9 Å². The van der Waals surface area contributed by atoms with E-state index in [1.807, 2.05) is 0 Å². The number of carbonyl (C=O) groups is 1. The van der Waals surface area contributed by atoms with Crippen molar-refractivity contribution < 1.29 is 4.79 Å². The predicted molar refractivity (Wildman–Crippen MR) is 80.7 cm³/mol. The van der Waals surface area contributed by atoms with E-state index in [2.05, 4.69) is 49.3 Å². The largest absolute Gasteiger partial charge is 0.345 e. The minimum Gasteiger partial charge on any atom is -0.345 e. The molecule has 0 radical (unpaired) electrons. The highest BCUT2D eigenvalue weighted by molar-refractivity contribution is 5.94. The summed E-state index contributed by atoms with van der Waals surface area (Å²) in [6.07, 6.45) is 4.11. The molecule has 0 unspecified atom stereocenters. The van der Waals surface area contributed by atoms with Crippen molar-refractivity contribution in [3.8, 4) is 0 Å². The van der Waals surface area contributed by atoms with Crippen molar-refractivity contribution in [1.82, 2.24) is 10.3 Å². The number of nitrogens with zero attached hydrogens (tertiary/aromatic N) is 1. The molecule has 0 fully saturated rings. The van der Waals surface area contributed by atoms with E-state index in [1.165, 1.54) is 16.7 Å². The molecule has 20 heavy (non-hydrogen) atoms. The highest BCUT2D eigenvalue weighted by Crippen LogP contribution is 2.22. The first-order valence-corrected chi connectivity index (χ1v) is 6.90. The molecular formula is C17H20N2O. The van der Waals surface area contributed by atoms with Gasteiger partial charge in [0.15, 0.2) is 0 Å². The molecule has 0 saturated heterocycles. The zero-order valence-corrected chi connectivity index (χ0v) is 12.2. The van der Waals surface area contributed by atoms with Crippen LogP contribution in [0.3, 0.4) is 0 Å². The van der Waals surface area contributed by atoms with Gasteiger partial charge in [-0.2, -0.15) is 0 Å². The molecule has 0 aliphatic carbocycles. The number of pyridine rings is 1. The van der Waals surface area contributed by atoms with E-state index in [-0.39, 0.29) is 11.9 Å². The van der Waals surface area contributed by atoms with Gasteiger partial charge in [0.25, 0.3) is 5.91 Å². The van der Waals surface area contributed by atoms with E-state index in [1.54, 1.807) is 24.5 Å². The molecule has 1 N–H and O–H groups in total. The molecule has 1 aromatic heterocycles. The van der Waals surface area contributed by atoms with Crippen LogP contribution in [0.4, 0.5) is 0 Å². The second kappa shape index (κ2) is 6.33. The van der Waals surface area contributed by atoms with Gasteiger partial charge in [0.05, 0.1) is 11.6 Å². The number of amides is 1. The molecule has 1 aromatic carbocycles. The summed E-state index contributed by atoms with van der Waals surface area (Å²) < 4.78 is 0. The Bertz CT molecular complexity index is 593. The average molecular weight is 268 g/mol. The Morgan fingerprint density at radius 1 is 1.30 bits per heavy atom. The summed E-state index contributed by atoms with van der Waals surface area (Å²) in [5.74, 6) is -0.0788. The van der Waals surface area contributed by atoms with Gasteiger partial charge in [-0.1, -0.05) is 30.7 Å². The Hall–Kier alpha value is -2.16. The number of rotatable bonds is 4. The lowest BCUT2D eigenvalue weighted by molar-refractivity contribution is 0.0935. The topological polar surface area (TPSA) is 42.0 Å². The van der Waals surface area contributed by atoms with Crippen molar-refractivity contribution in [1.29, 1.82) is 0 Å². The molecule has 0 saturated carbocycles. The minimum absolute atomic E-state index is 0.0308. The highest BCUT2D eigenvalue weighted by atomic mass is 16.1. The smallest absolute Gasteiger partial charge is 0.253 e. The maximum atomic E-state index is 12.2. The van der Waals surface area contributed by atoms with Crippen molar-refractivity contribution in [2.45, 2.75) is 33.2 Å². The molecule has 1 atom stereocenters. The summed E-state index contributed by atoms with van der Waals surface area (Å²) in [7, 11) is 0. The van der Waals surface area contributed by atoms with Gasteiger partial charge in [0, 0.05) is 12.4 Å². The van der Waals surface area contributed by atoms with Crippen LogP contribution in [0.15, 0.2) is 42.7 Å². The van der Waals surface area contributed by atoms with Crippen molar-refractivity contribution in [3.63, 3.8) is 0 Å². The normalized spacial score (nSPS) is 11.9. The predicted octanol–water partition coefficient (Wildman–Crippen LogP) is 3.58. The summed E-state index contributed by atoms with van der Waals surface area (Å²) >= 11 is 0. The van der Waals surface area contributed by atoms with Crippen molar-refractivity contribution in [2.75, 3.05) is 0 Å². The van der Waals surface area contributed by atoms with Crippen molar-refractivity contribution >= 4 is 5.91 Å². The van der Waals surface area contributed by atoms with Crippen LogP contribution in [-0.2, 0) is 0 Å². The van der Waals surface area contributed by atoms with Gasteiger partial charge in [0.2, 0.25) is 0 Å². The number of aryl methyl sites for hydroxylation is 2. The molecule has 1 amide bonds. The highest BCUT2D eigenvalue weighted by Gasteiger charge is 2.15. The van der Waals surface area contributed by atoms with Crippen LogP contribution >= 0.6 is 0 Å². The van der Waals surface area contributed by atoms with Crippen molar-refractivity contribution in [2.24, 2.45) is 0 Å². The van der Waals surface area contributed by atoms with E-state index in [9.17, 15) is 4.79 Å². The molecule has 3 heteroatoms. The van der Waals surface area contributed by atoms with Crippen LogP contribution in [0.25, 0.3) is 0 Å². The Kier molecular flexibility index (Phi) is 4.51. The molecule has 2 aromatic rings. The lowest BCUT2D eigenvalue weighted by Crippen LogP contribution is -2.28. The van der Waals surface area contributed by atoms with Crippen LogP contribution in [0.2, 0.25) is 0 Å². The second-order valence-corrected chi connectivity index (χ2v) is 5.04. The lowest BCUT2D eigenvalue weighted by Gasteiger charge is -2.20. The maximum absolute atomic E-state index is 12.2. The first-order valence-electron chi connectivity index (χ1n) is 6.90. The summed E-state index contributed by atoms with van der Waals surface area (Å²) in [6.45, 7) is 6.24. The first kappa shape index (κ1) is 14.3. The Morgan fingerprint density at radius 3 is 2.70 bits per heavy atom. The first-order chi connectivity index (χ1) is 9.61. The van der Waals surface area contributed by atoms with E-state index in [4.69, 9.17) is 0 Å². The number of nitrogens with one attached hydrogen (secondary N) is 1. The number of aromatic nitrogens is 1. The molecule has 104 valence electrons. The fourth-order valence-corrected chi connectivity index (χ4v) is 2.35. The Labute approximate surface area is 120 Å². The van der Waals surface area contributed by atoms with Crippen LogP contribution < -0.4 is 5.32 Å². The van der Waals surface area contributed by atoms with E-state index in [0.29, 0.717) is 5.56 Å². The third-order valence-corrected chi connectivity index (χ3v) is 3.44. The lowest BCUT2D eigenvalue weighted by atomic mass is 9.97. The molecule has 0 bridgehead atoms. The van der Waals surface area contributed by atoms with Gasteiger partial charge in [0.1, 0.15) is 0 Å². The number of benzene rings is 1. The van der Waals surface area contributed by atoms with Gasteiger partial charge < -0.3 is 5.32 Å². The summed E-state index contributed by atoms with van der Waals surface area (Å²) in [4.78, 5) is 16.2. The van der Waals surface area contributed by atoms with E-state index in [0.717, 1.165) is 6.42 Å². The fraction of sp³-hybridized carbons (Fsp3) is 0.294. The standard InChI is InChI=1S/C17H20N2O/c1-4-16(15-8-7-12(2)10-13(15)3)19-17(20)14-6-5-9-18-11-14/h5-11,16H,4H2,1-3H3,(H,19,20)/t16-/m1/s1. The van der Waals surface area contributed by atoms with Crippen LogP contribution in [0, 0.1) is 13.8 Å². The van der Waals surface area contributed by atoms with Gasteiger partial charge in [-0.3, -0.25) is 9.78 Å². The van der Waals surface area contributed by atoms with Crippen molar-refractivity contribution in [3.05, 3.63) is 65.0 Å². The van der Waals surface area contributed by atoms with E-state index >= 15 is 0 Å². The van der Waals surface area contributed by atoms with Gasteiger partial charge in [-0.25, -0.2) is 0 Å². The molecule has 0 aliphatic rings. The zero-order chi connectivity index (χ0) is 14.5. The number of hydrogen-bond donors (Lipinski definition) is 1. The van der Waals surface area contributed by atoms with Gasteiger partial charge in [-0.05, 0) is 43.5 Å². The molecule has 0 aliphatic heterocycles. The number of hydrogen-bond acceptors (Lipinski definition) is 2. The number of carbonyl (C=O) groups excluding carboxylic acids is 1. The third-order valence-electron chi connectivity index (χ3n) is 3.44. The molecule has 3 nitrogen and oxygen atoms in total. The molecule has 2 rings (SSSR count). The average Bonchev–Trinajstić information content (AvgIpc) is 2.46. The monoisotopic (exact) mass is 268 g/mol. The summed E-state index contributed by atoms with van der Waals surface area (Å²) in [6, 6.07) is 9.91. The fourth-order valence-electron chi connectivity index (χ4n) is 2.35. The quantitative estimate of drug-likeness (QED) is 0.921. The molecule has 1 heterocycles. The van der Waals surface area contributed by atoms with Gasteiger partial charge >= 0.3 is 0 Å². The maximum Gasteiger partial charge on any atom is 0.253 e. The van der Waals surface area contributed by atoms with Crippen LogP contribution in [0.1, 0.15) is 46.4 Å². The SMILES string of the molecule is CC[C@@H](NC(=O)c1cccnc1)c1ccc(C)cc1C. The molecule has 0 spiro atoms. The van der Waals surface area contributed by atoms with E-state index < -0.39 is 0 Å². The third kappa shape index (κ3) is 3.23. The zero-order valence-electron chi connectivity index (χ0n) is 12.2. The summed E-state index contributed by atoms with van der Waals surface area (Å²) in [5, 5.41) is 3.08. The minimum atomic E-state index is -0.0788. The summed E-state index contributed by atoms with van der Waals surface area (Å²) in [5.41, 5.74) is 4.22. The van der Waals surface area contributed by atoms with Crippen LogP contribution in [0.5, 0.6) is 0 Å². The Balaban J connectivity index is 2.19. The Morgan fingerprint density at radius 2 is 2.10 bits per heavy atom. The second-order valence-electron chi connectivity index (χ2n) is 5.04. The molecular weight excluding hydrogens is 248 g/mol.